The van der Waals surface area contributed by atoms with Gasteiger partial charge in [0.1, 0.15) is 12.2 Å². The maximum Gasteiger partial charge on any atom is 0.401 e. The Hall–Kier alpha value is -3.76. The summed E-state index contributed by atoms with van der Waals surface area (Å²) in [5, 5.41) is 28.7. The van der Waals surface area contributed by atoms with Crippen molar-refractivity contribution >= 4 is 17.1 Å². The highest BCUT2D eigenvalue weighted by molar-refractivity contribution is 6.00. The molecule has 0 aromatic carbocycles. The number of pyridine rings is 1. The van der Waals surface area contributed by atoms with Crippen LogP contribution < -0.4 is 10.6 Å². The van der Waals surface area contributed by atoms with Crippen molar-refractivity contribution in [1.29, 1.82) is 5.26 Å². The van der Waals surface area contributed by atoms with Crippen LogP contribution in [0.1, 0.15) is 36.2 Å². The summed E-state index contributed by atoms with van der Waals surface area (Å²) in [6.07, 6.45) is -2.78. The van der Waals surface area contributed by atoms with Crippen molar-refractivity contribution in [2.75, 3.05) is 31.5 Å². The first kappa shape index (κ1) is 27.3. The largest absolute Gasteiger partial charge is 0.401 e. The van der Waals surface area contributed by atoms with Gasteiger partial charge in [-0.05, 0) is 44.5 Å². The summed E-state index contributed by atoms with van der Waals surface area (Å²) in [4.78, 5) is 18.6. The Labute approximate surface area is 216 Å². The molecule has 3 N–H and O–H groups in total. The summed E-state index contributed by atoms with van der Waals surface area (Å²) >= 11 is 0. The van der Waals surface area contributed by atoms with Crippen LogP contribution in [0.2, 0.25) is 0 Å². The van der Waals surface area contributed by atoms with E-state index in [1.165, 1.54) is 31.1 Å². The molecule has 2 unspecified atom stereocenters. The maximum absolute atomic E-state index is 14.2. The van der Waals surface area contributed by atoms with E-state index in [1.807, 2.05) is 6.07 Å². The van der Waals surface area contributed by atoms with Crippen molar-refractivity contribution in [2.45, 2.75) is 44.3 Å². The Morgan fingerprint density at radius 1 is 1.29 bits per heavy atom. The molecule has 0 spiro atoms. The second-order valence-corrected chi connectivity index (χ2v) is 9.77. The number of nitrogens with one attached hydrogen (secondary N) is 2. The van der Waals surface area contributed by atoms with E-state index in [4.69, 9.17) is 5.26 Å². The SMILES string of the molecule is CC(C)(O)C(F)CNC(=O)c1cnc(-c2ccc3cc(C#N)cnn23)cc1NCC1CCN1CC(F)(F)F. The number of hydrogen-bond acceptors (Lipinski definition) is 7. The third-order valence-corrected chi connectivity index (χ3v) is 6.43. The zero-order chi connectivity index (χ0) is 27.7. The van der Waals surface area contributed by atoms with Gasteiger partial charge in [0.05, 0.1) is 58.6 Å². The van der Waals surface area contributed by atoms with Crippen LogP contribution in [-0.2, 0) is 0 Å². The lowest BCUT2D eigenvalue weighted by Gasteiger charge is -2.41. The van der Waals surface area contributed by atoms with Gasteiger partial charge in [0.2, 0.25) is 0 Å². The highest BCUT2D eigenvalue weighted by atomic mass is 19.4. The Balaban J connectivity index is 1.60. The number of nitriles is 1. The zero-order valence-electron chi connectivity index (χ0n) is 20.8. The van der Waals surface area contributed by atoms with Gasteiger partial charge in [0.25, 0.3) is 5.91 Å². The lowest BCUT2D eigenvalue weighted by molar-refractivity contribution is -0.160. The van der Waals surface area contributed by atoms with Crippen LogP contribution in [0.15, 0.2) is 36.7 Å². The van der Waals surface area contributed by atoms with Gasteiger partial charge in [-0.1, -0.05) is 0 Å². The van der Waals surface area contributed by atoms with E-state index < -0.39 is 36.9 Å². The fraction of sp³-hybridized carbons (Fsp3) is 0.440. The summed E-state index contributed by atoms with van der Waals surface area (Å²) in [7, 11) is 0. The van der Waals surface area contributed by atoms with Crippen LogP contribution >= 0.6 is 0 Å². The number of aromatic nitrogens is 3. The molecule has 202 valence electrons. The number of alkyl halides is 4. The van der Waals surface area contributed by atoms with Gasteiger partial charge in [0, 0.05) is 25.3 Å². The van der Waals surface area contributed by atoms with E-state index in [0.29, 0.717) is 41.1 Å². The minimum Gasteiger partial charge on any atom is -0.387 e. The molecule has 0 aliphatic carbocycles. The van der Waals surface area contributed by atoms with Crippen molar-refractivity contribution in [2.24, 2.45) is 0 Å². The minimum absolute atomic E-state index is 0.0685. The third-order valence-electron chi connectivity index (χ3n) is 6.43. The van der Waals surface area contributed by atoms with Crippen molar-refractivity contribution in [3.05, 3.63) is 47.8 Å². The average Bonchev–Trinajstić information content (AvgIpc) is 3.27. The van der Waals surface area contributed by atoms with Crippen LogP contribution in [0.3, 0.4) is 0 Å². The van der Waals surface area contributed by atoms with E-state index in [9.17, 15) is 27.5 Å². The first-order chi connectivity index (χ1) is 17.9. The molecule has 0 radical (unpaired) electrons. The molecule has 1 fully saturated rings. The lowest BCUT2D eigenvalue weighted by atomic mass is 10.0. The molecule has 4 heterocycles. The van der Waals surface area contributed by atoms with E-state index >= 15 is 0 Å². The lowest BCUT2D eigenvalue weighted by Crippen LogP contribution is -2.54. The van der Waals surface area contributed by atoms with E-state index in [0.717, 1.165) is 0 Å². The molecule has 0 bridgehead atoms. The first-order valence-corrected chi connectivity index (χ1v) is 11.9. The van der Waals surface area contributed by atoms with Crippen LogP contribution in [-0.4, -0.2) is 80.7 Å². The number of rotatable bonds is 9. The number of carbonyl (C=O) groups excluding carboxylic acids is 1. The molecule has 38 heavy (non-hydrogen) atoms. The number of amides is 1. The Kier molecular flexibility index (Phi) is 7.57. The first-order valence-electron chi connectivity index (χ1n) is 11.9. The fourth-order valence-corrected chi connectivity index (χ4v) is 4.10. The van der Waals surface area contributed by atoms with Gasteiger partial charge >= 0.3 is 6.18 Å². The normalized spacial score (nSPS) is 17.1. The standard InChI is InChI=1S/C25H27F4N7O2/c1-24(2,38)22(26)13-33-23(37)18-12-32-20(21-4-3-16-7-15(9-30)10-34-36(16)21)8-19(18)31-11-17-5-6-35(17)14-25(27,28)29/h3-4,7-8,10,12,17,22,38H,5-6,11,13-14H2,1-2H3,(H,31,32)(H,33,37). The number of fused-ring (bicyclic) bond motifs is 1. The number of carbonyl (C=O) groups is 1. The van der Waals surface area contributed by atoms with Crippen LogP contribution in [0.25, 0.3) is 16.9 Å². The number of nitrogens with zero attached hydrogens (tertiary/aromatic N) is 5. The molecule has 9 nitrogen and oxygen atoms in total. The predicted octanol–water partition coefficient (Wildman–Crippen LogP) is 3.16. The van der Waals surface area contributed by atoms with Gasteiger partial charge in [-0.2, -0.15) is 23.5 Å². The van der Waals surface area contributed by atoms with Gasteiger partial charge < -0.3 is 15.7 Å². The minimum atomic E-state index is -4.31. The average molecular weight is 534 g/mol. The van der Waals surface area contributed by atoms with Crippen LogP contribution in [0.5, 0.6) is 0 Å². The summed E-state index contributed by atoms with van der Waals surface area (Å²) < 4.78 is 54.3. The molecule has 3 aromatic heterocycles. The van der Waals surface area contributed by atoms with Crippen molar-refractivity contribution < 1.29 is 27.5 Å². The number of anilines is 1. The number of aliphatic hydroxyl groups is 1. The fourth-order valence-electron chi connectivity index (χ4n) is 4.10. The molecule has 1 saturated heterocycles. The quantitative estimate of drug-likeness (QED) is 0.362. The monoisotopic (exact) mass is 533 g/mol. The Morgan fingerprint density at radius 3 is 2.68 bits per heavy atom. The molecule has 4 rings (SSSR count). The van der Waals surface area contributed by atoms with E-state index in [1.54, 1.807) is 28.8 Å². The molecule has 1 amide bonds. The highest BCUT2D eigenvalue weighted by Gasteiger charge is 2.38. The Morgan fingerprint density at radius 2 is 2.05 bits per heavy atom. The third kappa shape index (κ3) is 6.20. The molecular weight excluding hydrogens is 506 g/mol. The second-order valence-electron chi connectivity index (χ2n) is 9.77. The van der Waals surface area contributed by atoms with Gasteiger partial charge in [-0.25, -0.2) is 8.91 Å². The van der Waals surface area contributed by atoms with Crippen LogP contribution in [0.4, 0.5) is 23.2 Å². The smallest absolute Gasteiger partial charge is 0.387 e. The maximum atomic E-state index is 14.2. The molecule has 2 atom stereocenters. The van der Waals surface area contributed by atoms with Crippen LogP contribution in [0, 0.1) is 11.3 Å². The second kappa shape index (κ2) is 10.5. The molecule has 1 aliphatic rings. The predicted molar refractivity (Wildman–Crippen MR) is 131 cm³/mol. The van der Waals surface area contributed by atoms with Gasteiger partial charge in [0.15, 0.2) is 0 Å². The van der Waals surface area contributed by atoms with E-state index in [2.05, 4.69) is 20.7 Å². The topological polar surface area (TPSA) is 119 Å². The van der Waals surface area contributed by atoms with E-state index in [-0.39, 0.29) is 18.2 Å². The van der Waals surface area contributed by atoms with Crippen molar-refractivity contribution in [3.8, 4) is 17.5 Å². The summed E-state index contributed by atoms with van der Waals surface area (Å²) in [5.41, 5.74) is 0.722. The van der Waals surface area contributed by atoms with Crippen molar-refractivity contribution in [3.63, 3.8) is 0 Å². The number of hydrogen-bond donors (Lipinski definition) is 3. The number of likely N-dealkylation sites (tertiary alicyclic amines) is 1. The molecule has 13 heteroatoms. The molecule has 1 aliphatic heterocycles. The Bertz CT molecular complexity index is 1360. The molecule has 0 saturated carbocycles. The molecule has 3 aromatic rings. The zero-order valence-corrected chi connectivity index (χ0v) is 20.8. The summed E-state index contributed by atoms with van der Waals surface area (Å²) in [6.45, 7) is 1.58. The van der Waals surface area contributed by atoms with Gasteiger partial charge in [-0.15, -0.1) is 0 Å². The summed E-state index contributed by atoms with van der Waals surface area (Å²) in [6, 6.07) is 8.36. The van der Waals surface area contributed by atoms with Crippen molar-refractivity contribution in [1.82, 2.24) is 24.8 Å². The highest BCUT2D eigenvalue weighted by Crippen LogP contribution is 2.28. The van der Waals surface area contributed by atoms with Gasteiger partial charge in [-0.3, -0.25) is 14.7 Å². The number of halogens is 4. The summed E-state index contributed by atoms with van der Waals surface area (Å²) in [5.74, 6) is -0.656. The molecular formula is C25H27F4N7O2.